The third-order valence-electron chi connectivity index (χ3n) is 4.60. The second-order valence-corrected chi connectivity index (χ2v) is 6.81. The molecule has 0 saturated carbocycles. The van der Waals surface area contributed by atoms with Crippen molar-refractivity contribution in [2.75, 3.05) is 25.0 Å². The van der Waals surface area contributed by atoms with Gasteiger partial charge in [-0.3, -0.25) is 4.79 Å². The summed E-state index contributed by atoms with van der Waals surface area (Å²) in [7, 11) is 0. The van der Waals surface area contributed by atoms with Gasteiger partial charge in [-0.15, -0.1) is 0 Å². The van der Waals surface area contributed by atoms with Crippen LogP contribution in [0, 0.1) is 13.8 Å². The van der Waals surface area contributed by atoms with Crippen LogP contribution in [0.1, 0.15) is 36.9 Å². The Kier molecular flexibility index (Phi) is 5.30. The lowest BCUT2D eigenvalue weighted by atomic mass is 10.2. The lowest BCUT2D eigenvalue weighted by molar-refractivity contribution is -0.890. The summed E-state index contributed by atoms with van der Waals surface area (Å²) in [5, 5.41) is 7.57. The molecule has 0 bridgehead atoms. The van der Waals surface area contributed by atoms with Crippen molar-refractivity contribution in [2.24, 2.45) is 0 Å². The molecule has 1 aliphatic rings. The van der Waals surface area contributed by atoms with Crippen LogP contribution in [0.2, 0.25) is 0 Å². The predicted octanol–water partition coefficient (Wildman–Crippen LogP) is 1.89. The number of aryl methyl sites for hydroxylation is 2. The highest BCUT2D eigenvalue weighted by Gasteiger charge is 2.18. The predicted molar refractivity (Wildman–Crippen MR) is 95.7 cm³/mol. The molecule has 2 aromatic rings. The van der Waals surface area contributed by atoms with E-state index in [2.05, 4.69) is 29.5 Å². The minimum atomic E-state index is 0.0696. The molecule has 5 heteroatoms. The number of hydrogen-bond donors (Lipinski definition) is 2. The lowest BCUT2D eigenvalue weighted by Crippen LogP contribution is -3.12. The maximum absolute atomic E-state index is 12.5. The molecule has 2 heterocycles. The van der Waals surface area contributed by atoms with Gasteiger partial charge in [0, 0.05) is 6.07 Å². The minimum Gasteiger partial charge on any atom is -0.327 e. The molecule has 0 spiro atoms. The highest BCUT2D eigenvalue weighted by molar-refractivity contribution is 5.91. The molecular weight excluding hydrogens is 300 g/mol. The SMILES string of the molecule is Cc1ccc(-n2nc(C)cc2NC(=O)C[NH+]2CCCCCC2)cc1. The van der Waals surface area contributed by atoms with Crippen LogP contribution in [0.3, 0.4) is 0 Å². The summed E-state index contributed by atoms with van der Waals surface area (Å²) in [5.41, 5.74) is 3.07. The molecule has 1 aromatic carbocycles. The summed E-state index contributed by atoms with van der Waals surface area (Å²) in [6.07, 6.45) is 5.04. The van der Waals surface area contributed by atoms with Crippen LogP contribution in [0.5, 0.6) is 0 Å². The van der Waals surface area contributed by atoms with Gasteiger partial charge in [-0.05, 0) is 51.7 Å². The topological polar surface area (TPSA) is 51.4 Å². The zero-order valence-corrected chi connectivity index (χ0v) is 14.6. The lowest BCUT2D eigenvalue weighted by Gasteiger charge is -2.16. The maximum atomic E-state index is 12.5. The fraction of sp³-hybridized carbons (Fsp3) is 0.474. The number of anilines is 1. The molecule has 1 saturated heterocycles. The van der Waals surface area contributed by atoms with Crippen molar-refractivity contribution in [1.82, 2.24) is 9.78 Å². The number of hydrogen-bond acceptors (Lipinski definition) is 2. The first-order chi connectivity index (χ1) is 11.6. The van der Waals surface area contributed by atoms with Gasteiger partial charge in [0.1, 0.15) is 5.82 Å². The van der Waals surface area contributed by atoms with Gasteiger partial charge in [-0.1, -0.05) is 17.7 Å². The van der Waals surface area contributed by atoms with E-state index in [1.54, 1.807) is 0 Å². The summed E-state index contributed by atoms with van der Waals surface area (Å²) in [5.74, 6) is 0.815. The average Bonchev–Trinajstić information content (AvgIpc) is 2.74. The zero-order valence-electron chi connectivity index (χ0n) is 14.6. The van der Waals surface area contributed by atoms with Gasteiger partial charge < -0.3 is 10.2 Å². The number of benzene rings is 1. The van der Waals surface area contributed by atoms with Crippen LogP contribution in [-0.4, -0.2) is 35.3 Å². The van der Waals surface area contributed by atoms with Crippen LogP contribution >= 0.6 is 0 Å². The maximum Gasteiger partial charge on any atom is 0.280 e. The fourth-order valence-corrected chi connectivity index (χ4v) is 3.29. The van der Waals surface area contributed by atoms with Gasteiger partial charge in [0.2, 0.25) is 0 Å². The molecule has 1 aliphatic heterocycles. The molecule has 0 atom stereocenters. The van der Waals surface area contributed by atoms with Crippen molar-refractivity contribution in [2.45, 2.75) is 39.5 Å². The first-order valence-electron chi connectivity index (χ1n) is 8.89. The third-order valence-corrected chi connectivity index (χ3v) is 4.60. The number of quaternary nitrogens is 1. The van der Waals surface area contributed by atoms with E-state index in [-0.39, 0.29) is 5.91 Å². The van der Waals surface area contributed by atoms with E-state index in [4.69, 9.17) is 0 Å². The van der Waals surface area contributed by atoms with Crippen molar-refractivity contribution in [3.63, 3.8) is 0 Å². The highest BCUT2D eigenvalue weighted by Crippen LogP contribution is 2.17. The van der Waals surface area contributed by atoms with E-state index in [0.717, 1.165) is 30.3 Å². The van der Waals surface area contributed by atoms with Gasteiger partial charge in [0.15, 0.2) is 6.54 Å². The van der Waals surface area contributed by atoms with Crippen LogP contribution in [0.25, 0.3) is 5.69 Å². The quantitative estimate of drug-likeness (QED) is 0.901. The molecule has 1 amide bonds. The summed E-state index contributed by atoms with van der Waals surface area (Å²) in [6.45, 7) is 6.75. The van der Waals surface area contributed by atoms with Crippen LogP contribution in [-0.2, 0) is 4.79 Å². The van der Waals surface area contributed by atoms with Crippen molar-refractivity contribution < 1.29 is 9.69 Å². The first kappa shape index (κ1) is 16.7. The Morgan fingerprint density at radius 3 is 2.46 bits per heavy atom. The fourth-order valence-electron chi connectivity index (χ4n) is 3.29. The standard InChI is InChI=1S/C19H26N4O/c1-15-7-9-17(10-8-15)23-18(13-16(2)21-23)20-19(24)14-22-11-5-3-4-6-12-22/h7-10,13H,3-6,11-12,14H2,1-2H3,(H,20,24)/p+1. The summed E-state index contributed by atoms with van der Waals surface area (Å²) in [6, 6.07) is 10.1. The minimum absolute atomic E-state index is 0.0696. The van der Waals surface area contributed by atoms with Gasteiger partial charge in [-0.25, -0.2) is 4.68 Å². The van der Waals surface area contributed by atoms with E-state index >= 15 is 0 Å². The number of likely N-dealkylation sites (tertiary alicyclic amines) is 1. The van der Waals surface area contributed by atoms with Crippen molar-refractivity contribution in [1.29, 1.82) is 0 Å². The van der Waals surface area contributed by atoms with E-state index in [9.17, 15) is 4.79 Å². The number of carbonyl (C=O) groups excluding carboxylic acids is 1. The Hall–Kier alpha value is -2.14. The van der Waals surface area contributed by atoms with E-state index in [0.29, 0.717) is 6.54 Å². The second kappa shape index (κ2) is 7.62. The number of nitrogens with one attached hydrogen (secondary N) is 2. The molecule has 1 aromatic heterocycles. The zero-order chi connectivity index (χ0) is 16.9. The van der Waals surface area contributed by atoms with Gasteiger partial charge >= 0.3 is 0 Å². The first-order valence-corrected chi connectivity index (χ1v) is 8.89. The number of rotatable bonds is 4. The molecule has 128 valence electrons. The number of carbonyl (C=O) groups is 1. The molecule has 0 aliphatic carbocycles. The Balaban J connectivity index is 1.70. The van der Waals surface area contributed by atoms with Gasteiger partial charge in [-0.2, -0.15) is 5.10 Å². The molecule has 1 fully saturated rings. The Morgan fingerprint density at radius 2 is 1.79 bits per heavy atom. The van der Waals surface area contributed by atoms with Crippen LogP contribution in [0.4, 0.5) is 5.82 Å². The van der Waals surface area contributed by atoms with Gasteiger partial charge in [0.05, 0.1) is 24.5 Å². The largest absolute Gasteiger partial charge is 0.327 e. The Labute approximate surface area is 143 Å². The normalized spacial score (nSPS) is 15.9. The third kappa shape index (κ3) is 4.23. The van der Waals surface area contributed by atoms with Crippen LogP contribution in [0.15, 0.2) is 30.3 Å². The second-order valence-electron chi connectivity index (χ2n) is 6.81. The van der Waals surface area contributed by atoms with Crippen molar-refractivity contribution in [3.05, 3.63) is 41.6 Å². The van der Waals surface area contributed by atoms with E-state index < -0.39 is 0 Å². The number of aromatic nitrogens is 2. The summed E-state index contributed by atoms with van der Waals surface area (Å²) < 4.78 is 1.81. The van der Waals surface area contributed by atoms with E-state index in [1.807, 2.05) is 29.8 Å². The molecule has 0 unspecified atom stereocenters. The number of nitrogens with zero attached hydrogens (tertiary/aromatic N) is 2. The number of amides is 1. The van der Waals surface area contributed by atoms with Crippen molar-refractivity contribution >= 4 is 11.7 Å². The highest BCUT2D eigenvalue weighted by atomic mass is 16.2. The monoisotopic (exact) mass is 327 g/mol. The molecule has 3 rings (SSSR count). The summed E-state index contributed by atoms with van der Waals surface area (Å²) >= 11 is 0. The molecule has 2 N–H and O–H groups in total. The summed E-state index contributed by atoms with van der Waals surface area (Å²) in [4.78, 5) is 13.9. The Morgan fingerprint density at radius 1 is 1.12 bits per heavy atom. The van der Waals surface area contributed by atoms with Crippen molar-refractivity contribution in [3.8, 4) is 5.69 Å². The molecule has 24 heavy (non-hydrogen) atoms. The molecular formula is C19H27N4O+. The smallest absolute Gasteiger partial charge is 0.280 e. The molecule has 0 radical (unpaired) electrons. The van der Waals surface area contributed by atoms with E-state index in [1.165, 1.54) is 36.1 Å². The average molecular weight is 327 g/mol. The molecule has 5 nitrogen and oxygen atoms in total. The van der Waals surface area contributed by atoms with Crippen LogP contribution < -0.4 is 10.2 Å². The Bertz CT molecular complexity index is 682. The van der Waals surface area contributed by atoms with Gasteiger partial charge in [0.25, 0.3) is 5.91 Å².